The fourth-order valence-corrected chi connectivity index (χ4v) is 3.94. The zero-order valence-corrected chi connectivity index (χ0v) is 13.8. The summed E-state index contributed by atoms with van der Waals surface area (Å²) in [6.45, 7) is 1.39. The lowest BCUT2D eigenvalue weighted by Crippen LogP contribution is -1.97. The zero-order chi connectivity index (χ0) is 12.0. The Kier molecular flexibility index (Phi) is 4.42. The van der Waals surface area contributed by atoms with E-state index in [9.17, 15) is 0 Å². The Bertz CT molecular complexity index is 528. The largest absolute Gasteiger partial charge is 0.492 e. The molecule has 0 amide bonds. The van der Waals surface area contributed by atoms with E-state index < -0.39 is 0 Å². The van der Waals surface area contributed by atoms with Gasteiger partial charge in [0.05, 0.1) is 11.1 Å². The molecule has 1 aliphatic carbocycles. The summed E-state index contributed by atoms with van der Waals surface area (Å²) in [7, 11) is 0. The van der Waals surface area contributed by atoms with E-state index in [-0.39, 0.29) is 12.4 Å². The molecule has 1 aromatic carbocycles. The molecule has 0 unspecified atom stereocenters. The minimum absolute atomic E-state index is 0. The van der Waals surface area contributed by atoms with Gasteiger partial charge in [-0.3, -0.25) is 0 Å². The molecule has 0 aromatic heterocycles. The van der Waals surface area contributed by atoms with Gasteiger partial charge < -0.3 is 10.5 Å². The predicted molar refractivity (Wildman–Crippen MR) is 83.6 cm³/mol. The zero-order valence-electron chi connectivity index (χ0n) is 9.76. The minimum atomic E-state index is 0. The maximum absolute atomic E-state index is 5.73. The summed E-state index contributed by atoms with van der Waals surface area (Å²) in [6, 6.07) is 0. The molecule has 0 saturated heterocycles. The van der Waals surface area contributed by atoms with Gasteiger partial charge in [0.25, 0.3) is 0 Å². The van der Waals surface area contributed by atoms with Crippen molar-refractivity contribution in [2.75, 3.05) is 13.2 Å². The molecular formula is C13H14Br2ClNO. The van der Waals surface area contributed by atoms with Crippen molar-refractivity contribution in [1.29, 1.82) is 0 Å². The number of fused-ring (bicyclic) bond motifs is 3. The standard InChI is InChI=1S/C13H13Br2NO.ClH/c14-11-8-2-1-7(3-5-16)10(8)9-4-6-17-13(9)12(11)15;/h3H,1-2,4-6,16H2;1H/b7-3+;. The average molecular weight is 396 g/mol. The summed E-state index contributed by atoms with van der Waals surface area (Å²) in [5, 5.41) is 0. The Balaban J connectivity index is 0.00000120. The molecule has 0 fully saturated rings. The van der Waals surface area contributed by atoms with Crippen LogP contribution in [0.2, 0.25) is 0 Å². The van der Waals surface area contributed by atoms with Gasteiger partial charge in [0, 0.05) is 23.0 Å². The third-order valence-corrected chi connectivity index (χ3v) is 5.63. The quantitative estimate of drug-likeness (QED) is 0.784. The molecule has 0 bridgehead atoms. The van der Waals surface area contributed by atoms with Gasteiger partial charge in [-0.05, 0) is 61.4 Å². The number of hydrogen-bond donors (Lipinski definition) is 1. The monoisotopic (exact) mass is 393 g/mol. The molecule has 2 aliphatic rings. The highest BCUT2D eigenvalue weighted by Crippen LogP contribution is 2.49. The number of hydrogen-bond acceptors (Lipinski definition) is 2. The van der Waals surface area contributed by atoms with E-state index in [0.29, 0.717) is 6.54 Å². The van der Waals surface area contributed by atoms with E-state index in [0.717, 1.165) is 40.6 Å². The molecule has 5 heteroatoms. The summed E-state index contributed by atoms with van der Waals surface area (Å²) in [5.74, 6) is 1.01. The molecule has 0 atom stereocenters. The molecule has 98 valence electrons. The maximum Gasteiger partial charge on any atom is 0.138 e. The van der Waals surface area contributed by atoms with Gasteiger partial charge in [-0.2, -0.15) is 0 Å². The predicted octanol–water partition coefficient (Wildman–Crippen LogP) is 3.86. The summed E-state index contributed by atoms with van der Waals surface area (Å²) < 4.78 is 7.94. The van der Waals surface area contributed by atoms with Gasteiger partial charge in [-0.25, -0.2) is 0 Å². The first-order chi connectivity index (χ1) is 8.24. The van der Waals surface area contributed by atoms with Crippen molar-refractivity contribution in [3.05, 3.63) is 31.7 Å². The maximum atomic E-state index is 5.73. The van der Waals surface area contributed by atoms with E-state index in [4.69, 9.17) is 10.5 Å². The van der Waals surface area contributed by atoms with Crippen LogP contribution < -0.4 is 10.5 Å². The fourth-order valence-electron chi connectivity index (χ4n) is 2.77. The summed E-state index contributed by atoms with van der Waals surface area (Å²) in [5.41, 5.74) is 11.2. The number of ether oxygens (including phenoxy) is 1. The Morgan fingerprint density at radius 2 is 1.89 bits per heavy atom. The average Bonchev–Trinajstić information content (AvgIpc) is 2.92. The highest BCUT2D eigenvalue weighted by molar-refractivity contribution is 9.13. The lowest BCUT2D eigenvalue weighted by molar-refractivity contribution is 0.354. The van der Waals surface area contributed by atoms with Crippen LogP contribution in [0.15, 0.2) is 15.0 Å². The third kappa shape index (κ3) is 2.03. The van der Waals surface area contributed by atoms with Crippen LogP contribution in [0.5, 0.6) is 5.75 Å². The van der Waals surface area contributed by atoms with E-state index in [1.54, 1.807) is 0 Å². The SMILES string of the molecule is Cl.NC/C=C1\CCc2c(Br)c(Br)c3c(c21)CCO3. The normalized spacial score (nSPS) is 18.3. The van der Waals surface area contributed by atoms with Gasteiger partial charge in [0.1, 0.15) is 5.75 Å². The molecule has 2 N–H and O–H groups in total. The Morgan fingerprint density at radius 3 is 2.61 bits per heavy atom. The van der Waals surface area contributed by atoms with Gasteiger partial charge in [-0.1, -0.05) is 6.08 Å². The first-order valence-electron chi connectivity index (χ1n) is 5.79. The van der Waals surface area contributed by atoms with Gasteiger partial charge in [0.2, 0.25) is 0 Å². The van der Waals surface area contributed by atoms with Crippen molar-refractivity contribution in [3.63, 3.8) is 0 Å². The molecule has 2 nitrogen and oxygen atoms in total. The smallest absolute Gasteiger partial charge is 0.138 e. The van der Waals surface area contributed by atoms with Crippen molar-refractivity contribution in [2.24, 2.45) is 5.73 Å². The number of nitrogens with two attached hydrogens (primary N) is 1. The van der Waals surface area contributed by atoms with Gasteiger partial charge in [-0.15, -0.1) is 12.4 Å². The first-order valence-corrected chi connectivity index (χ1v) is 7.37. The van der Waals surface area contributed by atoms with Crippen molar-refractivity contribution in [3.8, 4) is 5.75 Å². The first kappa shape index (κ1) is 14.4. The summed E-state index contributed by atoms with van der Waals surface area (Å²) >= 11 is 7.31. The van der Waals surface area contributed by atoms with Crippen LogP contribution >= 0.6 is 44.3 Å². The van der Waals surface area contributed by atoms with Gasteiger partial charge in [0.15, 0.2) is 0 Å². The molecule has 1 heterocycles. The lowest BCUT2D eigenvalue weighted by atomic mass is 9.98. The van der Waals surface area contributed by atoms with E-state index in [1.807, 2.05) is 0 Å². The van der Waals surface area contributed by atoms with Gasteiger partial charge >= 0.3 is 0 Å². The summed E-state index contributed by atoms with van der Waals surface area (Å²) in [4.78, 5) is 0. The molecular weight excluding hydrogens is 381 g/mol. The number of allylic oxidation sites excluding steroid dienone is 1. The fraction of sp³-hybridized carbons (Fsp3) is 0.385. The van der Waals surface area contributed by atoms with E-state index in [1.165, 1.54) is 22.3 Å². The Hall–Kier alpha value is -0.0300. The van der Waals surface area contributed by atoms with Crippen LogP contribution in [0.25, 0.3) is 5.57 Å². The number of rotatable bonds is 1. The van der Waals surface area contributed by atoms with Crippen molar-refractivity contribution in [2.45, 2.75) is 19.3 Å². The van der Waals surface area contributed by atoms with Crippen LogP contribution in [0.3, 0.4) is 0 Å². The van der Waals surface area contributed by atoms with Crippen molar-refractivity contribution >= 4 is 49.8 Å². The molecule has 0 radical (unpaired) electrons. The van der Waals surface area contributed by atoms with Crippen LogP contribution in [0, 0.1) is 0 Å². The lowest BCUT2D eigenvalue weighted by Gasteiger charge is -2.12. The second kappa shape index (κ2) is 5.53. The molecule has 0 saturated carbocycles. The second-order valence-corrected chi connectivity index (χ2v) is 5.94. The third-order valence-electron chi connectivity index (χ3n) is 3.46. The molecule has 3 rings (SSSR count). The van der Waals surface area contributed by atoms with E-state index in [2.05, 4.69) is 37.9 Å². The van der Waals surface area contributed by atoms with Crippen molar-refractivity contribution < 1.29 is 4.74 Å². The number of benzene rings is 1. The van der Waals surface area contributed by atoms with Crippen LogP contribution in [0.1, 0.15) is 23.1 Å². The second-order valence-electron chi connectivity index (χ2n) is 4.35. The van der Waals surface area contributed by atoms with Crippen LogP contribution in [-0.4, -0.2) is 13.2 Å². The summed E-state index contributed by atoms with van der Waals surface area (Å²) in [6.07, 6.45) is 5.33. The molecule has 1 aliphatic heterocycles. The Labute approximate surface area is 130 Å². The molecule has 18 heavy (non-hydrogen) atoms. The van der Waals surface area contributed by atoms with Crippen LogP contribution in [0.4, 0.5) is 0 Å². The highest BCUT2D eigenvalue weighted by Gasteiger charge is 2.30. The highest BCUT2D eigenvalue weighted by atomic mass is 79.9. The minimum Gasteiger partial charge on any atom is -0.492 e. The Morgan fingerprint density at radius 1 is 1.11 bits per heavy atom. The number of halogens is 3. The molecule has 1 aromatic rings. The van der Waals surface area contributed by atoms with Crippen molar-refractivity contribution in [1.82, 2.24) is 0 Å². The van der Waals surface area contributed by atoms with E-state index >= 15 is 0 Å². The topological polar surface area (TPSA) is 35.2 Å². The van der Waals surface area contributed by atoms with Crippen LogP contribution in [-0.2, 0) is 12.8 Å². The molecule has 0 spiro atoms.